The van der Waals surface area contributed by atoms with Crippen LogP contribution in [-0.4, -0.2) is 16.9 Å². The molecule has 2 aromatic carbocycles. The van der Waals surface area contributed by atoms with Gasteiger partial charge in [0.15, 0.2) is 5.13 Å². The fraction of sp³-hybridized carbons (Fsp3) is 0.227. The molecular formula is C22H22N2O3S. The molecular weight excluding hydrogens is 372 g/mol. The molecule has 0 spiro atoms. The number of esters is 1. The number of amides is 1. The van der Waals surface area contributed by atoms with Gasteiger partial charge in [0.2, 0.25) is 5.91 Å². The van der Waals surface area contributed by atoms with Crippen LogP contribution in [0.15, 0.2) is 60.0 Å². The summed E-state index contributed by atoms with van der Waals surface area (Å²) < 4.78 is 5.32. The molecule has 0 atom stereocenters. The smallest absolute Gasteiger partial charge is 0.310 e. The maximum absolute atomic E-state index is 12.2. The topological polar surface area (TPSA) is 59.5 Å². The van der Waals surface area contributed by atoms with Crippen molar-refractivity contribution >= 4 is 34.0 Å². The quantitative estimate of drug-likeness (QED) is 0.546. The Kier molecular flexibility index (Phi) is 6.55. The van der Waals surface area contributed by atoms with Crippen molar-refractivity contribution < 1.29 is 14.3 Å². The molecule has 0 saturated heterocycles. The molecule has 0 saturated carbocycles. The molecule has 0 fully saturated rings. The predicted molar refractivity (Wildman–Crippen MR) is 111 cm³/mol. The number of carbonyl (C=O) groups is 2. The fourth-order valence-corrected chi connectivity index (χ4v) is 3.61. The van der Waals surface area contributed by atoms with E-state index in [1.165, 1.54) is 23.8 Å². The number of ether oxygens (including phenoxy) is 1. The number of benzene rings is 2. The van der Waals surface area contributed by atoms with Gasteiger partial charge < -0.3 is 4.74 Å². The second kappa shape index (κ2) is 9.28. The molecule has 0 aliphatic rings. The number of anilines is 2. The van der Waals surface area contributed by atoms with Gasteiger partial charge in [0.1, 0.15) is 6.61 Å². The van der Waals surface area contributed by atoms with Crippen molar-refractivity contribution in [2.45, 2.75) is 33.3 Å². The highest BCUT2D eigenvalue weighted by Gasteiger charge is 2.18. The van der Waals surface area contributed by atoms with Gasteiger partial charge in [-0.1, -0.05) is 49.4 Å². The van der Waals surface area contributed by atoms with Crippen molar-refractivity contribution in [3.05, 3.63) is 76.8 Å². The number of hydrogen-bond acceptors (Lipinski definition) is 5. The Balaban J connectivity index is 1.65. The molecule has 0 aliphatic carbocycles. The van der Waals surface area contributed by atoms with Gasteiger partial charge >= 0.3 is 5.97 Å². The van der Waals surface area contributed by atoms with E-state index in [1.54, 1.807) is 4.90 Å². The maximum atomic E-state index is 12.2. The van der Waals surface area contributed by atoms with Crippen molar-refractivity contribution in [3.63, 3.8) is 0 Å². The third-order valence-corrected chi connectivity index (χ3v) is 5.10. The zero-order valence-electron chi connectivity index (χ0n) is 15.9. The molecule has 3 aromatic rings. The summed E-state index contributed by atoms with van der Waals surface area (Å²) in [5, 5.41) is 2.37. The summed E-state index contributed by atoms with van der Waals surface area (Å²) in [5.74, 6) is -0.425. The average Bonchev–Trinajstić information content (AvgIpc) is 3.16. The molecule has 0 N–H and O–H groups in total. The minimum atomic E-state index is -0.306. The number of hydrogen-bond donors (Lipinski definition) is 0. The van der Waals surface area contributed by atoms with Crippen LogP contribution in [0.4, 0.5) is 10.8 Å². The lowest BCUT2D eigenvalue weighted by Gasteiger charge is -2.18. The summed E-state index contributed by atoms with van der Waals surface area (Å²) in [4.78, 5) is 30.2. The Labute approximate surface area is 168 Å². The van der Waals surface area contributed by atoms with Crippen molar-refractivity contribution in [2.24, 2.45) is 0 Å². The summed E-state index contributed by atoms with van der Waals surface area (Å²) in [6.45, 7) is 3.68. The van der Waals surface area contributed by atoms with Crippen LogP contribution < -0.4 is 4.90 Å². The molecule has 1 heterocycles. The molecule has 3 rings (SSSR count). The summed E-state index contributed by atoms with van der Waals surface area (Å²) in [6.07, 6.45) is 1.16. The number of aromatic nitrogens is 1. The molecule has 5 nitrogen and oxygen atoms in total. The summed E-state index contributed by atoms with van der Waals surface area (Å²) in [5.41, 5.74) is 3.51. The van der Waals surface area contributed by atoms with Gasteiger partial charge in [-0.2, -0.15) is 0 Å². The number of carbonyl (C=O) groups excluding carboxylic acids is 2. The average molecular weight is 394 g/mol. The van der Waals surface area contributed by atoms with Crippen LogP contribution in [0.2, 0.25) is 0 Å². The van der Waals surface area contributed by atoms with Crippen molar-refractivity contribution in [1.29, 1.82) is 0 Å². The maximum Gasteiger partial charge on any atom is 0.310 e. The highest BCUT2D eigenvalue weighted by Crippen LogP contribution is 2.29. The molecule has 0 aliphatic heterocycles. The van der Waals surface area contributed by atoms with Gasteiger partial charge in [-0.25, -0.2) is 4.98 Å². The van der Waals surface area contributed by atoms with Gasteiger partial charge in [0.25, 0.3) is 0 Å². The molecule has 1 amide bonds. The molecule has 28 heavy (non-hydrogen) atoms. The third kappa shape index (κ3) is 5.04. The van der Waals surface area contributed by atoms with Crippen LogP contribution in [0.25, 0.3) is 0 Å². The van der Waals surface area contributed by atoms with Crippen LogP contribution in [0.1, 0.15) is 30.7 Å². The van der Waals surface area contributed by atoms with Crippen LogP contribution >= 0.6 is 11.3 Å². The van der Waals surface area contributed by atoms with Crippen LogP contribution in [0.3, 0.4) is 0 Å². The highest BCUT2D eigenvalue weighted by atomic mass is 32.1. The number of rotatable bonds is 7. The predicted octanol–water partition coefficient (Wildman–Crippen LogP) is 4.68. The van der Waals surface area contributed by atoms with E-state index in [0.29, 0.717) is 10.8 Å². The summed E-state index contributed by atoms with van der Waals surface area (Å²) in [7, 11) is 0. The first kappa shape index (κ1) is 19.8. The Morgan fingerprint density at radius 2 is 1.75 bits per heavy atom. The second-order valence-electron chi connectivity index (χ2n) is 6.32. The first-order valence-electron chi connectivity index (χ1n) is 9.10. The Bertz CT molecular complexity index is 936. The third-order valence-electron chi connectivity index (χ3n) is 4.22. The normalized spacial score (nSPS) is 10.5. The second-order valence-corrected chi connectivity index (χ2v) is 7.16. The lowest BCUT2D eigenvalue weighted by molar-refractivity contribution is -0.144. The summed E-state index contributed by atoms with van der Waals surface area (Å²) in [6, 6.07) is 17.3. The fourth-order valence-electron chi connectivity index (χ4n) is 2.74. The van der Waals surface area contributed by atoms with E-state index in [9.17, 15) is 9.59 Å². The monoisotopic (exact) mass is 394 g/mol. The standard InChI is InChI=1S/C22H22N2O3S/c1-3-17-9-11-20(12-10-17)24(16(2)25)22-23-19(15-28-22)14-27-21(26)13-18-7-5-4-6-8-18/h4-12,15H,3,13-14H2,1-2H3. The number of aryl methyl sites for hydroxylation is 1. The van der Waals surface area contributed by atoms with E-state index in [1.807, 2.05) is 60.0 Å². The largest absolute Gasteiger partial charge is 0.459 e. The van der Waals surface area contributed by atoms with Crippen LogP contribution in [0.5, 0.6) is 0 Å². The van der Waals surface area contributed by atoms with Gasteiger partial charge in [0, 0.05) is 12.3 Å². The number of thiazole rings is 1. The van der Waals surface area contributed by atoms with Crippen molar-refractivity contribution in [2.75, 3.05) is 4.90 Å². The van der Waals surface area contributed by atoms with E-state index in [2.05, 4.69) is 11.9 Å². The molecule has 144 valence electrons. The lowest BCUT2D eigenvalue weighted by Crippen LogP contribution is -2.22. The first-order valence-corrected chi connectivity index (χ1v) is 9.98. The van der Waals surface area contributed by atoms with Crippen molar-refractivity contribution in [3.8, 4) is 0 Å². The van der Waals surface area contributed by atoms with Crippen LogP contribution in [-0.2, 0) is 33.8 Å². The summed E-state index contributed by atoms with van der Waals surface area (Å²) >= 11 is 1.35. The van der Waals surface area contributed by atoms with Gasteiger partial charge in [-0.3, -0.25) is 14.5 Å². The molecule has 0 bridgehead atoms. The van der Waals surface area contributed by atoms with Gasteiger partial charge in [0.05, 0.1) is 17.8 Å². The van der Waals surface area contributed by atoms with E-state index in [0.717, 1.165) is 17.7 Å². The molecule has 0 unspecified atom stereocenters. The van der Waals surface area contributed by atoms with E-state index < -0.39 is 0 Å². The number of nitrogens with zero attached hydrogens (tertiary/aromatic N) is 2. The SMILES string of the molecule is CCc1ccc(N(C(C)=O)c2nc(COC(=O)Cc3ccccc3)cs2)cc1. The van der Waals surface area contributed by atoms with Crippen molar-refractivity contribution in [1.82, 2.24) is 4.98 Å². The van der Waals surface area contributed by atoms with Crippen LogP contribution in [0, 0.1) is 0 Å². The lowest BCUT2D eigenvalue weighted by atomic mass is 10.1. The van der Waals surface area contributed by atoms with E-state index in [4.69, 9.17) is 4.74 Å². The highest BCUT2D eigenvalue weighted by molar-refractivity contribution is 7.14. The molecule has 1 aromatic heterocycles. The first-order chi connectivity index (χ1) is 13.6. The zero-order chi connectivity index (χ0) is 19.9. The minimum absolute atomic E-state index is 0.0860. The molecule has 6 heteroatoms. The Morgan fingerprint density at radius 1 is 1.04 bits per heavy atom. The minimum Gasteiger partial charge on any atom is -0.459 e. The van der Waals surface area contributed by atoms with E-state index in [-0.39, 0.29) is 24.9 Å². The van der Waals surface area contributed by atoms with Gasteiger partial charge in [-0.15, -0.1) is 11.3 Å². The zero-order valence-corrected chi connectivity index (χ0v) is 16.7. The van der Waals surface area contributed by atoms with Gasteiger partial charge in [-0.05, 0) is 29.7 Å². The van der Waals surface area contributed by atoms with E-state index >= 15 is 0 Å². The molecule has 0 radical (unpaired) electrons. The Hall–Kier alpha value is -2.99. The Morgan fingerprint density at radius 3 is 2.39 bits per heavy atom.